The molecule has 0 bridgehead atoms. The first-order chi connectivity index (χ1) is 8.58. The van der Waals surface area contributed by atoms with Gasteiger partial charge < -0.3 is 10.4 Å². The van der Waals surface area contributed by atoms with Gasteiger partial charge in [-0.2, -0.15) is 0 Å². The maximum atomic E-state index is 13.6. The van der Waals surface area contributed by atoms with Gasteiger partial charge in [0.25, 0.3) is 5.91 Å². The molecule has 1 fully saturated rings. The molecule has 0 aliphatic heterocycles. The van der Waals surface area contributed by atoms with Crippen LogP contribution in [0.4, 0.5) is 4.39 Å². The predicted molar refractivity (Wildman–Crippen MR) is 69.8 cm³/mol. The Balaban J connectivity index is 2.00. The summed E-state index contributed by atoms with van der Waals surface area (Å²) in [5, 5.41) is 11.7. The van der Waals surface area contributed by atoms with E-state index in [1.165, 1.54) is 6.07 Å². The van der Waals surface area contributed by atoms with Crippen molar-refractivity contribution in [3.63, 3.8) is 0 Å². The average Bonchev–Trinajstić information content (AvgIpc) is 3.07. The van der Waals surface area contributed by atoms with Gasteiger partial charge in [0, 0.05) is 17.6 Å². The molecular weight excluding hydrogens is 301 g/mol. The number of aliphatic hydroxyl groups is 1. The van der Waals surface area contributed by atoms with E-state index in [0.717, 1.165) is 12.8 Å². The molecule has 2 N–H and O–H groups in total. The number of hydrogen-bond acceptors (Lipinski definition) is 2. The summed E-state index contributed by atoms with van der Waals surface area (Å²) < 4.78 is 14.0. The number of nitrogens with one attached hydrogen (secondary N) is 1. The number of rotatable bonds is 5. The van der Waals surface area contributed by atoms with Crippen molar-refractivity contribution in [3.05, 3.63) is 34.1 Å². The number of benzene rings is 1. The lowest BCUT2D eigenvalue weighted by Crippen LogP contribution is -2.31. The molecule has 0 heterocycles. The van der Waals surface area contributed by atoms with E-state index in [2.05, 4.69) is 21.2 Å². The summed E-state index contributed by atoms with van der Waals surface area (Å²) in [6, 6.07) is 4.45. The van der Waals surface area contributed by atoms with E-state index >= 15 is 0 Å². The normalized spacial score (nSPS) is 16.4. The lowest BCUT2D eigenvalue weighted by molar-refractivity contribution is 0.0936. The molecule has 1 aromatic rings. The number of carbonyl (C=O) groups excluding carboxylic acids is 1. The average molecular weight is 316 g/mol. The molecule has 5 heteroatoms. The Hall–Kier alpha value is -0.940. The molecule has 18 heavy (non-hydrogen) atoms. The lowest BCUT2D eigenvalue weighted by Gasteiger charge is -2.15. The van der Waals surface area contributed by atoms with Crippen molar-refractivity contribution in [1.29, 1.82) is 0 Å². The SMILES string of the molecule is O=C(NCC1(CCO)CC1)c1c(F)cccc1Br. The third kappa shape index (κ3) is 2.90. The molecule has 0 radical (unpaired) electrons. The van der Waals surface area contributed by atoms with Gasteiger partial charge >= 0.3 is 0 Å². The molecule has 3 nitrogen and oxygen atoms in total. The highest BCUT2D eigenvalue weighted by Crippen LogP contribution is 2.47. The molecule has 0 atom stereocenters. The Bertz CT molecular complexity index is 440. The highest BCUT2D eigenvalue weighted by atomic mass is 79.9. The van der Waals surface area contributed by atoms with Crippen LogP contribution in [0.25, 0.3) is 0 Å². The van der Waals surface area contributed by atoms with Crippen LogP contribution in [0.2, 0.25) is 0 Å². The summed E-state index contributed by atoms with van der Waals surface area (Å²) in [5.74, 6) is -0.946. The van der Waals surface area contributed by atoms with Crippen molar-refractivity contribution in [2.45, 2.75) is 19.3 Å². The summed E-state index contributed by atoms with van der Waals surface area (Å²) in [4.78, 5) is 11.9. The monoisotopic (exact) mass is 315 g/mol. The van der Waals surface area contributed by atoms with Crippen molar-refractivity contribution in [2.24, 2.45) is 5.41 Å². The van der Waals surface area contributed by atoms with Crippen LogP contribution in [-0.4, -0.2) is 24.2 Å². The maximum absolute atomic E-state index is 13.6. The van der Waals surface area contributed by atoms with Gasteiger partial charge in [-0.05, 0) is 52.7 Å². The first kappa shape index (κ1) is 13.5. The first-order valence-electron chi connectivity index (χ1n) is 5.91. The van der Waals surface area contributed by atoms with Gasteiger partial charge in [0.1, 0.15) is 5.82 Å². The van der Waals surface area contributed by atoms with Gasteiger partial charge in [-0.15, -0.1) is 0 Å². The van der Waals surface area contributed by atoms with E-state index in [4.69, 9.17) is 5.11 Å². The van der Waals surface area contributed by atoms with Crippen molar-refractivity contribution >= 4 is 21.8 Å². The van der Waals surface area contributed by atoms with Gasteiger partial charge in [-0.25, -0.2) is 4.39 Å². The molecule has 1 saturated carbocycles. The van der Waals surface area contributed by atoms with Crippen molar-refractivity contribution in [1.82, 2.24) is 5.32 Å². The smallest absolute Gasteiger partial charge is 0.255 e. The molecule has 0 aromatic heterocycles. The zero-order chi connectivity index (χ0) is 13.2. The highest BCUT2D eigenvalue weighted by Gasteiger charge is 2.42. The zero-order valence-corrected chi connectivity index (χ0v) is 11.5. The van der Waals surface area contributed by atoms with Gasteiger partial charge in [0.05, 0.1) is 5.56 Å². The molecular formula is C13H15BrFNO2. The maximum Gasteiger partial charge on any atom is 0.255 e. The number of halogens is 2. The topological polar surface area (TPSA) is 49.3 Å². The minimum absolute atomic E-state index is 0.0299. The fraction of sp³-hybridized carbons (Fsp3) is 0.462. The van der Waals surface area contributed by atoms with Crippen molar-refractivity contribution < 1.29 is 14.3 Å². The minimum Gasteiger partial charge on any atom is -0.396 e. The molecule has 1 aromatic carbocycles. The van der Waals surface area contributed by atoms with Crippen LogP contribution in [-0.2, 0) is 0 Å². The molecule has 0 saturated heterocycles. The third-order valence-corrected chi connectivity index (χ3v) is 4.07. The molecule has 0 spiro atoms. The number of aliphatic hydroxyl groups excluding tert-OH is 1. The van der Waals surface area contributed by atoms with Crippen LogP contribution in [0.3, 0.4) is 0 Å². The Morgan fingerprint density at radius 1 is 1.50 bits per heavy atom. The molecule has 0 unspecified atom stereocenters. The van der Waals surface area contributed by atoms with Crippen molar-refractivity contribution in [2.75, 3.05) is 13.2 Å². The predicted octanol–water partition coefficient (Wildman–Crippen LogP) is 2.48. The molecule has 1 aliphatic rings. The highest BCUT2D eigenvalue weighted by molar-refractivity contribution is 9.10. The van der Waals surface area contributed by atoms with Gasteiger partial charge in [-0.3, -0.25) is 4.79 Å². The summed E-state index contributed by atoms with van der Waals surface area (Å²) in [6.07, 6.45) is 2.70. The van der Waals surface area contributed by atoms with Crippen LogP contribution in [0, 0.1) is 11.2 Å². The third-order valence-electron chi connectivity index (χ3n) is 3.41. The standard InChI is InChI=1S/C13H15BrFNO2/c14-9-2-1-3-10(15)11(9)12(18)16-8-13(4-5-13)6-7-17/h1-3,17H,4-8H2,(H,16,18). The Morgan fingerprint density at radius 3 is 2.78 bits per heavy atom. The largest absolute Gasteiger partial charge is 0.396 e. The molecule has 1 aliphatic carbocycles. The molecule has 98 valence electrons. The van der Waals surface area contributed by atoms with E-state index in [0.29, 0.717) is 17.4 Å². The van der Waals surface area contributed by atoms with Crippen LogP contribution in [0.5, 0.6) is 0 Å². The second kappa shape index (κ2) is 5.36. The van der Waals surface area contributed by atoms with E-state index in [9.17, 15) is 9.18 Å². The van der Waals surface area contributed by atoms with Crippen molar-refractivity contribution in [3.8, 4) is 0 Å². The number of carbonyl (C=O) groups is 1. The summed E-state index contributed by atoms with van der Waals surface area (Å²) in [5.41, 5.74) is 0.0691. The van der Waals surface area contributed by atoms with E-state index in [1.807, 2.05) is 0 Å². The van der Waals surface area contributed by atoms with Gasteiger partial charge in [0.2, 0.25) is 0 Å². The minimum atomic E-state index is -0.533. The summed E-state index contributed by atoms with van der Waals surface area (Å²) >= 11 is 3.17. The number of amides is 1. The summed E-state index contributed by atoms with van der Waals surface area (Å²) in [6.45, 7) is 0.617. The Kier molecular flexibility index (Phi) is 4.02. The van der Waals surface area contributed by atoms with Crippen LogP contribution >= 0.6 is 15.9 Å². The second-order valence-electron chi connectivity index (χ2n) is 4.75. The first-order valence-corrected chi connectivity index (χ1v) is 6.70. The number of hydrogen-bond donors (Lipinski definition) is 2. The lowest BCUT2D eigenvalue weighted by atomic mass is 10.0. The van der Waals surface area contributed by atoms with Gasteiger partial charge in [0.15, 0.2) is 0 Å². The van der Waals surface area contributed by atoms with E-state index < -0.39 is 11.7 Å². The van der Waals surface area contributed by atoms with E-state index in [-0.39, 0.29) is 17.6 Å². The fourth-order valence-corrected chi connectivity index (χ4v) is 2.52. The molecule has 2 rings (SSSR count). The van der Waals surface area contributed by atoms with Crippen LogP contribution < -0.4 is 5.32 Å². The Labute approximate surface area is 114 Å². The van der Waals surface area contributed by atoms with Crippen LogP contribution in [0.15, 0.2) is 22.7 Å². The second-order valence-corrected chi connectivity index (χ2v) is 5.61. The van der Waals surface area contributed by atoms with Gasteiger partial charge in [-0.1, -0.05) is 6.07 Å². The Morgan fingerprint density at radius 2 is 2.22 bits per heavy atom. The summed E-state index contributed by atoms with van der Waals surface area (Å²) in [7, 11) is 0. The van der Waals surface area contributed by atoms with Crippen LogP contribution in [0.1, 0.15) is 29.6 Å². The molecule has 1 amide bonds. The van der Waals surface area contributed by atoms with E-state index in [1.54, 1.807) is 12.1 Å². The quantitative estimate of drug-likeness (QED) is 0.877. The fourth-order valence-electron chi connectivity index (χ4n) is 2.00. The zero-order valence-electron chi connectivity index (χ0n) is 9.88.